The number of amides is 3. The Labute approximate surface area is 286 Å². The van der Waals surface area contributed by atoms with Crippen molar-refractivity contribution < 1.29 is 29.0 Å². The van der Waals surface area contributed by atoms with E-state index in [9.17, 15) is 29.1 Å². The van der Waals surface area contributed by atoms with Crippen LogP contribution < -0.4 is 16.2 Å². The Balaban J connectivity index is 0.000000332. The van der Waals surface area contributed by atoms with Crippen molar-refractivity contribution >= 4 is 46.2 Å². The molecule has 1 aromatic carbocycles. The van der Waals surface area contributed by atoms with Gasteiger partial charge in [-0.3, -0.25) is 14.4 Å². The number of para-hydroxylation sites is 2. The van der Waals surface area contributed by atoms with Crippen molar-refractivity contribution in [3.63, 3.8) is 0 Å². The molecule has 12 nitrogen and oxygen atoms in total. The molecule has 0 aliphatic carbocycles. The number of carboxylic acid groups (broad SMARTS) is 1. The maximum atomic E-state index is 12.7. The van der Waals surface area contributed by atoms with Crippen LogP contribution in [0.15, 0.2) is 59.2 Å². The summed E-state index contributed by atoms with van der Waals surface area (Å²) in [6.07, 6.45) is 1.76. The molecule has 2 aromatic heterocycles. The van der Waals surface area contributed by atoms with Crippen LogP contribution >= 0.6 is 11.3 Å². The van der Waals surface area contributed by atoms with Gasteiger partial charge in [0.25, 0.3) is 5.56 Å². The molecule has 3 atom stereocenters. The lowest BCUT2D eigenvalue weighted by Gasteiger charge is -2.33. The number of carbonyl (C=O) groups excluding carboxylic acids is 3. The highest BCUT2D eigenvalue weighted by Gasteiger charge is 2.43. The summed E-state index contributed by atoms with van der Waals surface area (Å²) in [5.74, 6) is -1.84. The van der Waals surface area contributed by atoms with Crippen molar-refractivity contribution in [2.45, 2.75) is 85.4 Å². The zero-order chi connectivity index (χ0) is 36.2. The van der Waals surface area contributed by atoms with Gasteiger partial charge in [0.05, 0.1) is 15.9 Å². The van der Waals surface area contributed by atoms with Gasteiger partial charge in [0.1, 0.15) is 29.4 Å². The van der Waals surface area contributed by atoms with Gasteiger partial charge in [-0.2, -0.15) is 0 Å². The molecule has 3 aromatic rings. The third-order valence-corrected chi connectivity index (χ3v) is 7.98. The van der Waals surface area contributed by atoms with E-state index in [-0.39, 0.29) is 12.1 Å². The highest BCUT2D eigenvalue weighted by Crippen LogP contribution is 2.23. The molecule has 3 heterocycles. The first-order valence-corrected chi connectivity index (χ1v) is 16.7. The van der Waals surface area contributed by atoms with Crippen LogP contribution in [0.4, 0.5) is 4.79 Å². The maximum absolute atomic E-state index is 12.7. The molecule has 1 aliphatic heterocycles. The monoisotopic (exact) mass is 683 g/mol. The van der Waals surface area contributed by atoms with Gasteiger partial charge in [-0.25, -0.2) is 14.6 Å². The summed E-state index contributed by atoms with van der Waals surface area (Å²) in [6.45, 7) is 18.3. The van der Waals surface area contributed by atoms with Gasteiger partial charge >= 0.3 is 12.1 Å². The molecule has 1 saturated heterocycles. The van der Waals surface area contributed by atoms with Crippen LogP contribution in [0.3, 0.4) is 0 Å². The van der Waals surface area contributed by atoms with Crippen molar-refractivity contribution in [3.05, 3.63) is 64.8 Å². The first-order valence-electron chi connectivity index (χ1n) is 15.9. The predicted octanol–water partition coefficient (Wildman–Crippen LogP) is 5.60. The van der Waals surface area contributed by atoms with Gasteiger partial charge in [0, 0.05) is 12.5 Å². The van der Waals surface area contributed by atoms with E-state index in [1.807, 2.05) is 41.8 Å². The number of alkyl carbamates (subject to hydrolysis) is 1. The number of aromatic amines is 1. The maximum Gasteiger partial charge on any atom is 0.408 e. The summed E-state index contributed by atoms with van der Waals surface area (Å²) >= 11 is 1.52. The second-order valence-corrected chi connectivity index (χ2v) is 14.2. The Morgan fingerprint density at radius 2 is 1.77 bits per heavy atom. The van der Waals surface area contributed by atoms with E-state index in [4.69, 9.17) is 4.74 Å². The zero-order valence-electron chi connectivity index (χ0n) is 29.1. The van der Waals surface area contributed by atoms with E-state index < -0.39 is 47.0 Å². The number of carbonyl (C=O) groups is 4. The summed E-state index contributed by atoms with van der Waals surface area (Å²) < 4.78 is 5.08. The third kappa shape index (κ3) is 11.6. The number of hydrogen-bond acceptors (Lipinski definition) is 8. The lowest BCUT2D eigenvalue weighted by Crippen LogP contribution is -2.60. The first-order chi connectivity index (χ1) is 22.4. The number of nitrogens with one attached hydrogen (secondary N) is 3. The van der Waals surface area contributed by atoms with Crippen molar-refractivity contribution in [1.82, 2.24) is 25.5 Å². The fourth-order valence-corrected chi connectivity index (χ4v) is 5.16. The van der Waals surface area contributed by atoms with Crippen LogP contribution in [0.2, 0.25) is 0 Å². The number of benzene rings is 1. The van der Waals surface area contributed by atoms with Crippen LogP contribution in [0.5, 0.6) is 0 Å². The summed E-state index contributed by atoms with van der Waals surface area (Å²) in [5, 5.41) is 16.4. The minimum atomic E-state index is -1.54. The predicted molar refractivity (Wildman–Crippen MR) is 189 cm³/mol. The third-order valence-electron chi connectivity index (χ3n) is 7.10. The summed E-state index contributed by atoms with van der Waals surface area (Å²) in [4.78, 5) is 69.8. The molecule has 13 heteroatoms. The molecular formula is C35H49N5O7S. The highest BCUT2D eigenvalue weighted by molar-refractivity contribution is 7.13. The Bertz CT molecular complexity index is 1610. The van der Waals surface area contributed by atoms with E-state index in [0.29, 0.717) is 25.1 Å². The molecule has 1 fully saturated rings. The minimum Gasteiger partial charge on any atom is -0.479 e. The van der Waals surface area contributed by atoms with Crippen molar-refractivity contribution in [3.8, 4) is 10.6 Å². The average Bonchev–Trinajstić information content (AvgIpc) is 3.71. The number of aromatic nitrogens is 2. The first kappa shape index (κ1) is 39.7. The number of H-pyrrole nitrogens is 1. The topological polar surface area (TPSA) is 171 Å². The number of nitrogens with zero attached hydrogens (tertiary/aromatic N) is 2. The van der Waals surface area contributed by atoms with Gasteiger partial charge in [-0.15, -0.1) is 17.9 Å². The molecule has 0 spiro atoms. The van der Waals surface area contributed by atoms with Crippen LogP contribution in [0, 0.1) is 11.8 Å². The fraction of sp³-hybridized carbons (Fsp3) is 0.486. The van der Waals surface area contributed by atoms with Crippen LogP contribution in [0.1, 0.15) is 68.2 Å². The van der Waals surface area contributed by atoms with E-state index in [2.05, 4.69) is 48.0 Å². The smallest absolute Gasteiger partial charge is 0.408 e. The van der Waals surface area contributed by atoms with Gasteiger partial charge in [0.2, 0.25) is 11.8 Å². The molecule has 3 unspecified atom stereocenters. The molecule has 3 amide bonds. The van der Waals surface area contributed by atoms with Crippen LogP contribution in [-0.4, -0.2) is 74.1 Å². The standard InChI is InChI=1S/C19H31N3O6.C12H8N2OS.C4H10/c1-7-12(2)19(6,16(25)26)21-15(24)13-9-8-10-22(13)14(23)11-20-17(27)28-18(3,4)5;15-12-11(10-6-3-7-16-10)13-8-4-1-2-5-9(8)14-12;1-4(2)3/h7,12-13H,1,8-11H2,2-6H3,(H,20,27)(H,21,24)(H,25,26);1-7H,(H,14,15);4H,1-3H3. The second-order valence-electron chi connectivity index (χ2n) is 13.3. The average molecular weight is 684 g/mol. The van der Waals surface area contributed by atoms with Crippen LogP contribution in [0.25, 0.3) is 21.6 Å². The number of fused-ring (bicyclic) bond motifs is 1. The number of ether oxygens (including phenoxy) is 1. The molecule has 0 radical (unpaired) electrons. The Kier molecular flexibility index (Phi) is 14.5. The summed E-state index contributed by atoms with van der Waals surface area (Å²) in [5.41, 5.74) is -0.287. The Morgan fingerprint density at radius 3 is 2.33 bits per heavy atom. The molecule has 48 heavy (non-hydrogen) atoms. The number of hydrogen-bond donors (Lipinski definition) is 4. The Hall–Kier alpha value is -4.52. The molecule has 4 N–H and O–H groups in total. The zero-order valence-corrected chi connectivity index (χ0v) is 29.9. The van der Waals surface area contributed by atoms with Gasteiger partial charge < -0.3 is 30.4 Å². The van der Waals surface area contributed by atoms with Crippen molar-refractivity contribution in [1.29, 1.82) is 0 Å². The SMILES string of the molecule is C=CC(C)C(C)(NC(=O)C1CCCN1C(=O)CNC(=O)OC(C)(C)C)C(=O)O.CC(C)C.O=c1[nH]c2ccccc2nc1-c1cccs1. The fourth-order valence-electron chi connectivity index (χ4n) is 4.45. The van der Waals surface area contributed by atoms with Gasteiger partial charge in [-0.05, 0) is 70.0 Å². The van der Waals surface area contributed by atoms with E-state index in [0.717, 1.165) is 21.8 Å². The van der Waals surface area contributed by atoms with E-state index in [1.165, 1.54) is 29.2 Å². The molecule has 1 aliphatic rings. The number of aliphatic carboxylic acids is 1. The second kappa shape index (κ2) is 17.6. The van der Waals surface area contributed by atoms with Gasteiger partial charge in [-0.1, -0.05) is 52.0 Å². The van der Waals surface area contributed by atoms with Crippen molar-refractivity contribution in [2.24, 2.45) is 11.8 Å². The molecule has 0 saturated carbocycles. The quantitative estimate of drug-likeness (QED) is 0.222. The number of likely N-dealkylation sites (tertiary alicyclic amines) is 1. The number of rotatable bonds is 8. The molecule has 0 bridgehead atoms. The summed E-state index contributed by atoms with van der Waals surface area (Å²) in [6, 6.07) is 10.6. The highest BCUT2D eigenvalue weighted by atomic mass is 32.1. The lowest BCUT2D eigenvalue weighted by atomic mass is 9.86. The normalized spacial score (nSPS) is 15.9. The van der Waals surface area contributed by atoms with Gasteiger partial charge in [0.15, 0.2) is 0 Å². The Morgan fingerprint density at radius 1 is 1.12 bits per heavy atom. The minimum absolute atomic E-state index is 0.138. The largest absolute Gasteiger partial charge is 0.479 e. The number of thiophene rings is 1. The van der Waals surface area contributed by atoms with Crippen LogP contribution in [-0.2, 0) is 19.1 Å². The molecule has 262 valence electrons. The summed E-state index contributed by atoms with van der Waals surface area (Å²) in [7, 11) is 0. The van der Waals surface area contributed by atoms with E-state index in [1.54, 1.807) is 27.7 Å². The number of carboxylic acids is 1. The van der Waals surface area contributed by atoms with E-state index >= 15 is 0 Å². The molecular weight excluding hydrogens is 634 g/mol. The lowest BCUT2D eigenvalue weighted by molar-refractivity contribution is -0.149. The van der Waals surface area contributed by atoms with Crippen molar-refractivity contribution in [2.75, 3.05) is 13.1 Å². The molecule has 4 rings (SSSR count).